The molecule has 1 spiro atoms. The van der Waals surface area contributed by atoms with Gasteiger partial charge in [-0.25, -0.2) is 0 Å². The van der Waals surface area contributed by atoms with E-state index in [9.17, 15) is 15.0 Å². The van der Waals surface area contributed by atoms with Crippen molar-refractivity contribution in [3.63, 3.8) is 0 Å². The summed E-state index contributed by atoms with van der Waals surface area (Å²) in [5, 5.41) is 19.0. The van der Waals surface area contributed by atoms with Gasteiger partial charge in [-0.15, -0.1) is 0 Å². The Morgan fingerprint density at radius 2 is 1.78 bits per heavy atom. The van der Waals surface area contributed by atoms with Gasteiger partial charge in [-0.3, -0.25) is 4.79 Å². The number of aliphatic hydroxyl groups excluding tert-OH is 1. The SMILES string of the molecule is O=C(c1ccc(O)cc1)N1CCC2(CC1)CO[C@H](CN1CCC(O)CC1)C2. The minimum atomic E-state index is -0.132. The standard InChI is InChI=1S/C21H30N2O4/c24-17-3-1-16(2-4-17)20(26)23-11-7-21(8-12-23)13-19(27-15-21)14-22-9-5-18(25)6-10-22/h1-4,18-19,24-25H,5-15H2/t19-/m0/s1. The Kier molecular flexibility index (Phi) is 5.39. The number of likely N-dealkylation sites (tertiary alicyclic amines) is 2. The van der Waals surface area contributed by atoms with Gasteiger partial charge in [-0.1, -0.05) is 0 Å². The van der Waals surface area contributed by atoms with Crippen LogP contribution in [0.1, 0.15) is 42.5 Å². The number of carbonyl (C=O) groups excluding carboxylic acids is 1. The second kappa shape index (κ2) is 7.78. The Balaban J connectivity index is 1.27. The number of phenols is 1. The number of hydrogen-bond donors (Lipinski definition) is 2. The smallest absolute Gasteiger partial charge is 0.253 e. The van der Waals surface area contributed by atoms with Crippen LogP contribution in [0.3, 0.4) is 0 Å². The molecular formula is C21H30N2O4. The average molecular weight is 374 g/mol. The zero-order valence-electron chi connectivity index (χ0n) is 15.8. The van der Waals surface area contributed by atoms with E-state index in [0.29, 0.717) is 5.56 Å². The van der Waals surface area contributed by atoms with E-state index in [1.165, 1.54) is 0 Å². The van der Waals surface area contributed by atoms with E-state index in [-0.39, 0.29) is 29.3 Å². The molecule has 27 heavy (non-hydrogen) atoms. The zero-order valence-corrected chi connectivity index (χ0v) is 15.8. The van der Waals surface area contributed by atoms with Gasteiger partial charge < -0.3 is 24.7 Å². The van der Waals surface area contributed by atoms with Crippen molar-refractivity contribution in [3.05, 3.63) is 29.8 Å². The first kappa shape index (κ1) is 18.7. The summed E-state index contributed by atoms with van der Waals surface area (Å²) in [4.78, 5) is 17.0. The fourth-order valence-corrected chi connectivity index (χ4v) is 4.72. The van der Waals surface area contributed by atoms with Crippen LogP contribution >= 0.6 is 0 Å². The molecule has 1 atom stereocenters. The van der Waals surface area contributed by atoms with Crippen LogP contribution in [0.15, 0.2) is 24.3 Å². The molecule has 0 aliphatic carbocycles. The monoisotopic (exact) mass is 374 g/mol. The van der Waals surface area contributed by atoms with E-state index in [4.69, 9.17) is 4.74 Å². The number of aliphatic hydroxyl groups is 1. The lowest BCUT2D eigenvalue weighted by Gasteiger charge is -2.38. The third-order valence-corrected chi connectivity index (χ3v) is 6.53. The Morgan fingerprint density at radius 3 is 2.44 bits per heavy atom. The fraction of sp³-hybridized carbons (Fsp3) is 0.667. The predicted octanol–water partition coefficient (Wildman–Crippen LogP) is 1.86. The molecule has 3 saturated heterocycles. The molecule has 6 heteroatoms. The average Bonchev–Trinajstić information content (AvgIpc) is 3.06. The Morgan fingerprint density at radius 1 is 1.11 bits per heavy atom. The molecule has 3 aliphatic rings. The predicted molar refractivity (Wildman–Crippen MR) is 102 cm³/mol. The number of aromatic hydroxyl groups is 1. The third kappa shape index (κ3) is 4.28. The Bertz CT molecular complexity index is 647. The van der Waals surface area contributed by atoms with E-state index in [1.807, 2.05) is 4.90 Å². The van der Waals surface area contributed by atoms with Crippen LogP contribution in [0.2, 0.25) is 0 Å². The van der Waals surface area contributed by atoms with Gasteiger partial charge in [0.05, 0.1) is 18.8 Å². The Labute approximate surface area is 160 Å². The molecule has 0 aromatic heterocycles. The van der Waals surface area contributed by atoms with Crippen molar-refractivity contribution in [1.82, 2.24) is 9.80 Å². The van der Waals surface area contributed by atoms with E-state index >= 15 is 0 Å². The number of nitrogens with zero attached hydrogens (tertiary/aromatic N) is 2. The maximum Gasteiger partial charge on any atom is 0.253 e. The normalized spacial score (nSPS) is 26.6. The molecule has 0 bridgehead atoms. The van der Waals surface area contributed by atoms with E-state index < -0.39 is 0 Å². The summed E-state index contributed by atoms with van der Waals surface area (Å²) in [6.45, 7) is 5.23. The van der Waals surface area contributed by atoms with Crippen molar-refractivity contribution < 1.29 is 19.7 Å². The second-order valence-corrected chi connectivity index (χ2v) is 8.51. The fourth-order valence-electron chi connectivity index (χ4n) is 4.72. The quantitative estimate of drug-likeness (QED) is 0.845. The van der Waals surface area contributed by atoms with E-state index in [1.54, 1.807) is 24.3 Å². The van der Waals surface area contributed by atoms with Gasteiger partial charge in [0, 0.05) is 38.3 Å². The van der Waals surface area contributed by atoms with Crippen LogP contribution < -0.4 is 0 Å². The van der Waals surface area contributed by atoms with Gasteiger partial charge in [-0.05, 0) is 61.8 Å². The highest BCUT2D eigenvalue weighted by atomic mass is 16.5. The molecular weight excluding hydrogens is 344 g/mol. The van der Waals surface area contributed by atoms with E-state index in [0.717, 1.165) is 71.4 Å². The summed E-state index contributed by atoms with van der Waals surface area (Å²) < 4.78 is 6.13. The lowest BCUT2D eigenvalue weighted by Crippen LogP contribution is -2.44. The van der Waals surface area contributed by atoms with Crippen LogP contribution in [-0.2, 0) is 4.74 Å². The molecule has 148 valence electrons. The van der Waals surface area contributed by atoms with Gasteiger partial charge in [0.25, 0.3) is 5.91 Å². The molecule has 0 unspecified atom stereocenters. The number of carbonyl (C=O) groups is 1. The molecule has 1 amide bonds. The number of hydrogen-bond acceptors (Lipinski definition) is 5. The molecule has 3 aliphatic heterocycles. The molecule has 4 rings (SSSR count). The Hall–Kier alpha value is -1.63. The molecule has 2 N–H and O–H groups in total. The first-order valence-electron chi connectivity index (χ1n) is 10.1. The van der Waals surface area contributed by atoms with Crippen molar-refractivity contribution in [1.29, 1.82) is 0 Å². The molecule has 3 heterocycles. The second-order valence-electron chi connectivity index (χ2n) is 8.51. The van der Waals surface area contributed by atoms with Crippen molar-refractivity contribution >= 4 is 5.91 Å². The largest absolute Gasteiger partial charge is 0.508 e. The molecule has 0 radical (unpaired) electrons. The van der Waals surface area contributed by atoms with Crippen LogP contribution in [-0.4, -0.2) is 77.5 Å². The van der Waals surface area contributed by atoms with E-state index in [2.05, 4.69) is 4.90 Å². The first-order valence-corrected chi connectivity index (χ1v) is 10.1. The minimum absolute atomic E-state index is 0.0483. The number of phenolic OH excluding ortho intramolecular Hbond substituents is 1. The van der Waals surface area contributed by atoms with Crippen molar-refractivity contribution in [2.24, 2.45) is 5.41 Å². The highest BCUT2D eigenvalue weighted by Gasteiger charge is 2.43. The first-order chi connectivity index (χ1) is 13.0. The van der Waals surface area contributed by atoms with Crippen LogP contribution in [0.4, 0.5) is 0 Å². The van der Waals surface area contributed by atoms with Gasteiger partial charge in [0.2, 0.25) is 0 Å². The molecule has 0 saturated carbocycles. The highest BCUT2D eigenvalue weighted by molar-refractivity contribution is 5.94. The van der Waals surface area contributed by atoms with Crippen LogP contribution in [0.5, 0.6) is 5.75 Å². The van der Waals surface area contributed by atoms with Crippen molar-refractivity contribution in [2.75, 3.05) is 39.3 Å². The summed E-state index contributed by atoms with van der Waals surface area (Å²) in [6, 6.07) is 6.50. The molecule has 3 fully saturated rings. The lowest BCUT2D eigenvalue weighted by molar-refractivity contribution is 0.0302. The maximum atomic E-state index is 12.7. The number of benzene rings is 1. The summed E-state index contributed by atoms with van der Waals surface area (Å²) in [5.41, 5.74) is 0.850. The minimum Gasteiger partial charge on any atom is -0.508 e. The summed E-state index contributed by atoms with van der Waals surface area (Å²) >= 11 is 0. The molecule has 6 nitrogen and oxygen atoms in total. The molecule has 1 aromatic rings. The number of ether oxygens (including phenoxy) is 1. The van der Waals surface area contributed by atoms with Crippen molar-refractivity contribution in [2.45, 2.75) is 44.3 Å². The topological polar surface area (TPSA) is 73.2 Å². The van der Waals surface area contributed by atoms with Gasteiger partial charge in [0.1, 0.15) is 5.75 Å². The van der Waals surface area contributed by atoms with Crippen LogP contribution in [0, 0.1) is 5.41 Å². The van der Waals surface area contributed by atoms with Gasteiger partial charge in [-0.2, -0.15) is 0 Å². The van der Waals surface area contributed by atoms with Gasteiger partial charge in [0.15, 0.2) is 0 Å². The van der Waals surface area contributed by atoms with Crippen LogP contribution in [0.25, 0.3) is 0 Å². The lowest BCUT2D eigenvalue weighted by atomic mass is 9.76. The third-order valence-electron chi connectivity index (χ3n) is 6.53. The summed E-state index contributed by atoms with van der Waals surface area (Å²) in [7, 11) is 0. The molecule has 1 aromatic carbocycles. The number of piperidine rings is 2. The number of amides is 1. The number of rotatable bonds is 3. The highest BCUT2D eigenvalue weighted by Crippen LogP contribution is 2.42. The zero-order chi connectivity index (χ0) is 18.9. The van der Waals surface area contributed by atoms with Crippen molar-refractivity contribution in [3.8, 4) is 5.75 Å². The maximum absolute atomic E-state index is 12.7. The summed E-state index contributed by atoms with van der Waals surface area (Å²) in [5.74, 6) is 0.230. The summed E-state index contributed by atoms with van der Waals surface area (Å²) in [6.07, 6.45) is 4.94. The van der Waals surface area contributed by atoms with Gasteiger partial charge >= 0.3 is 0 Å².